The summed E-state index contributed by atoms with van der Waals surface area (Å²) in [5.41, 5.74) is 13.4. The number of ketones is 1. The molecule has 0 bridgehead atoms. The zero-order valence-corrected chi connectivity index (χ0v) is 16.4. The van der Waals surface area contributed by atoms with Crippen LogP contribution < -0.4 is 22.1 Å². The van der Waals surface area contributed by atoms with E-state index in [0.29, 0.717) is 12.1 Å². The molecule has 0 aromatic heterocycles. The molecule has 0 fully saturated rings. The summed E-state index contributed by atoms with van der Waals surface area (Å²) in [5, 5.41) is 14.3. The number of aliphatic hydroxyl groups is 1. The predicted molar refractivity (Wildman–Crippen MR) is 112 cm³/mol. The first-order valence-electron chi connectivity index (χ1n) is 9.27. The number of Topliss-reactive ketones (excluding diaryl/α,β-unsaturated/α-hetero) is 1. The van der Waals surface area contributed by atoms with Crippen LogP contribution in [0.1, 0.15) is 27.0 Å². The summed E-state index contributed by atoms with van der Waals surface area (Å²) in [6.45, 7) is -0.106. The molecule has 8 heteroatoms. The first kappa shape index (κ1) is 22.8. The Hall–Kier alpha value is -3.51. The minimum absolute atomic E-state index is 0.0886. The molecule has 0 spiro atoms. The molecule has 0 saturated heterocycles. The highest BCUT2D eigenvalue weighted by atomic mass is 16.3. The molecule has 0 unspecified atom stereocenters. The van der Waals surface area contributed by atoms with Gasteiger partial charge in [0.05, 0.1) is 6.54 Å². The molecule has 8 nitrogen and oxygen atoms in total. The third kappa shape index (κ3) is 7.14. The van der Waals surface area contributed by atoms with E-state index in [0.717, 1.165) is 16.7 Å². The van der Waals surface area contributed by atoms with E-state index in [1.165, 1.54) is 0 Å². The van der Waals surface area contributed by atoms with E-state index in [4.69, 9.17) is 16.6 Å². The number of hydrogen-bond acceptors (Lipinski definition) is 6. The van der Waals surface area contributed by atoms with Crippen molar-refractivity contribution in [2.75, 3.05) is 19.7 Å². The summed E-state index contributed by atoms with van der Waals surface area (Å²) >= 11 is 0. The van der Waals surface area contributed by atoms with Gasteiger partial charge >= 0.3 is 0 Å². The van der Waals surface area contributed by atoms with Gasteiger partial charge in [0, 0.05) is 29.8 Å². The largest absolute Gasteiger partial charge is 0.388 e. The number of carbonyl (C=O) groups is 3. The number of nitrogens with one attached hydrogen (secondary N) is 2. The zero-order chi connectivity index (χ0) is 21.9. The van der Waals surface area contributed by atoms with Gasteiger partial charge in [-0.2, -0.15) is 0 Å². The van der Waals surface area contributed by atoms with Crippen LogP contribution in [0, 0.1) is 11.8 Å². The number of primary amides is 1. The third-order valence-corrected chi connectivity index (χ3v) is 4.17. The van der Waals surface area contributed by atoms with Gasteiger partial charge in [-0.05, 0) is 42.0 Å². The van der Waals surface area contributed by atoms with Gasteiger partial charge < -0.3 is 27.2 Å². The number of carbonyl (C=O) groups excluding carboxylic acids is 3. The van der Waals surface area contributed by atoms with Gasteiger partial charge in [-0.1, -0.05) is 24.0 Å². The molecule has 2 aromatic rings. The molecule has 0 aliphatic rings. The standard InChI is InChI=1S/C22H24N4O4/c23-11-19(20(28)14-27)26-22(30)18-9-7-16(8-10-18)2-1-15-3-5-17(6-4-15)12-25-13-21(24)29/h3-10,19,25,27H,11-14,23H2,(H2,24,29)(H,26,30)/t19-/m0/s1. The summed E-state index contributed by atoms with van der Waals surface area (Å²) in [7, 11) is 0. The maximum atomic E-state index is 12.2. The van der Waals surface area contributed by atoms with E-state index in [2.05, 4.69) is 22.5 Å². The topological polar surface area (TPSA) is 148 Å². The summed E-state index contributed by atoms with van der Waals surface area (Å²) in [6.07, 6.45) is 0. The Labute approximate surface area is 174 Å². The Kier molecular flexibility index (Phi) is 8.72. The number of nitrogens with two attached hydrogens (primary N) is 2. The molecule has 0 saturated carbocycles. The summed E-state index contributed by atoms with van der Waals surface area (Å²) in [4.78, 5) is 34.4. The SMILES string of the molecule is NC[C@H](NC(=O)c1ccc(C#Cc2ccc(CNCC(N)=O)cc2)cc1)C(=O)CO. The van der Waals surface area contributed by atoms with Crippen LogP contribution in [0.15, 0.2) is 48.5 Å². The van der Waals surface area contributed by atoms with Gasteiger partial charge in [0.15, 0.2) is 5.78 Å². The molecule has 0 aliphatic carbocycles. The normalized spacial score (nSPS) is 11.1. The Bertz CT molecular complexity index is 944. The van der Waals surface area contributed by atoms with Crippen LogP contribution in [0.2, 0.25) is 0 Å². The van der Waals surface area contributed by atoms with Crippen molar-refractivity contribution in [2.24, 2.45) is 11.5 Å². The maximum absolute atomic E-state index is 12.2. The second-order valence-corrected chi connectivity index (χ2v) is 6.48. The fraction of sp³-hybridized carbons (Fsp3) is 0.227. The van der Waals surface area contributed by atoms with E-state index >= 15 is 0 Å². The van der Waals surface area contributed by atoms with E-state index < -0.39 is 30.2 Å². The summed E-state index contributed by atoms with van der Waals surface area (Å²) in [6, 6.07) is 13.3. The van der Waals surface area contributed by atoms with Crippen molar-refractivity contribution in [3.8, 4) is 11.8 Å². The number of aliphatic hydroxyl groups excluding tert-OH is 1. The molecule has 2 aromatic carbocycles. The van der Waals surface area contributed by atoms with Gasteiger partial charge in [0.1, 0.15) is 12.6 Å². The first-order chi connectivity index (χ1) is 14.4. The second-order valence-electron chi connectivity index (χ2n) is 6.48. The Balaban J connectivity index is 1.96. The molecule has 0 aliphatic heterocycles. The summed E-state index contributed by atoms with van der Waals surface area (Å²) < 4.78 is 0. The van der Waals surface area contributed by atoms with E-state index in [-0.39, 0.29) is 13.1 Å². The Morgan fingerprint density at radius 1 is 0.967 bits per heavy atom. The highest BCUT2D eigenvalue weighted by Crippen LogP contribution is 2.06. The van der Waals surface area contributed by atoms with Gasteiger partial charge in [0.25, 0.3) is 5.91 Å². The van der Waals surface area contributed by atoms with Crippen molar-refractivity contribution in [3.63, 3.8) is 0 Å². The van der Waals surface area contributed by atoms with Crippen molar-refractivity contribution in [1.29, 1.82) is 0 Å². The minimum atomic E-state index is -0.920. The fourth-order valence-corrected chi connectivity index (χ4v) is 2.51. The van der Waals surface area contributed by atoms with E-state index in [1.54, 1.807) is 24.3 Å². The molecule has 2 amide bonds. The molecule has 30 heavy (non-hydrogen) atoms. The van der Waals surface area contributed by atoms with Crippen molar-refractivity contribution in [1.82, 2.24) is 10.6 Å². The quantitative estimate of drug-likeness (QED) is 0.346. The van der Waals surface area contributed by atoms with Crippen molar-refractivity contribution < 1.29 is 19.5 Å². The molecule has 2 rings (SSSR count). The third-order valence-electron chi connectivity index (χ3n) is 4.17. The monoisotopic (exact) mass is 408 g/mol. The average Bonchev–Trinajstić information content (AvgIpc) is 2.76. The lowest BCUT2D eigenvalue weighted by atomic mass is 10.1. The van der Waals surface area contributed by atoms with Gasteiger partial charge in [0.2, 0.25) is 5.91 Å². The molecular formula is C22H24N4O4. The summed E-state index contributed by atoms with van der Waals surface area (Å²) in [5.74, 6) is 4.66. The van der Waals surface area contributed by atoms with Crippen LogP contribution in [0.4, 0.5) is 0 Å². The van der Waals surface area contributed by atoms with Crippen molar-refractivity contribution in [3.05, 3.63) is 70.8 Å². The fourth-order valence-electron chi connectivity index (χ4n) is 2.51. The molecule has 156 valence electrons. The van der Waals surface area contributed by atoms with Gasteiger partial charge in [-0.25, -0.2) is 0 Å². The predicted octanol–water partition coefficient (Wildman–Crippen LogP) is -0.720. The van der Waals surface area contributed by atoms with Gasteiger partial charge in [-0.3, -0.25) is 14.4 Å². The van der Waals surface area contributed by atoms with Crippen LogP contribution in [0.25, 0.3) is 0 Å². The van der Waals surface area contributed by atoms with Crippen LogP contribution in [-0.4, -0.2) is 48.4 Å². The molecule has 7 N–H and O–H groups in total. The van der Waals surface area contributed by atoms with Crippen LogP contribution in [0.3, 0.4) is 0 Å². The highest BCUT2D eigenvalue weighted by molar-refractivity contribution is 5.98. The van der Waals surface area contributed by atoms with Crippen LogP contribution >= 0.6 is 0 Å². The van der Waals surface area contributed by atoms with E-state index in [9.17, 15) is 14.4 Å². The molecule has 1 atom stereocenters. The van der Waals surface area contributed by atoms with Gasteiger partial charge in [-0.15, -0.1) is 0 Å². The minimum Gasteiger partial charge on any atom is -0.388 e. The number of hydrogen-bond donors (Lipinski definition) is 5. The van der Waals surface area contributed by atoms with Crippen molar-refractivity contribution >= 4 is 17.6 Å². The number of rotatable bonds is 9. The molecule has 0 radical (unpaired) electrons. The second kappa shape index (κ2) is 11.5. The average molecular weight is 408 g/mol. The van der Waals surface area contributed by atoms with Crippen molar-refractivity contribution in [2.45, 2.75) is 12.6 Å². The smallest absolute Gasteiger partial charge is 0.251 e. The lowest BCUT2D eigenvalue weighted by Gasteiger charge is -2.14. The molecule has 0 heterocycles. The Morgan fingerprint density at radius 2 is 1.53 bits per heavy atom. The highest BCUT2D eigenvalue weighted by Gasteiger charge is 2.18. The lowest BCUT2D eigenvalue weighted by Crippen LogP contribution is -2.46. The first-order valence-corrected chi connectivity index (χ1v) is 9.27. The van der Waals surface area contributed by atoms with E-state index in [1.807, 2.05) is 24.3 Å². The molecular weight excluding hydrogens is 384 g/mol. The Morgan fingerprint density at radius 3 is 2.03 bits per heavy atom. The number of amides is 2. The maximum Gasteiger partial charge on any atom is 0.251 e. The van der Waals surface area contributed by atoms with Crippen LogP contribution in [-0.2, 0) is 16.1 Å². The lowest BCUT2D eigenvalue weighted by molar-refractivity contribution is -0.123. The van der Waals surface area contributed by atoms with Crippen LogP contribution in [0.5, 0.6) is 0 Å². The zero-order valence-electron chi connectivity index (χ0n) is 16.4. The number of benzene rings is 2.